The van der Waals surface area contributed by atoms with E-state index < -0.39 is 32.6 Å². The van der Waals surface area contributed by atoms with Crippen LogP contribution in [-0.2, 0) is 14.8 Å². The predicted octanol–water partition coefficient (Wildman–Crippen LogP) is 0.833. The molecule has 110 valence electrons. The largest absolute Gasteiger partial charge is 0.494 e. The molecule has 0 spiro atoms. The minimum absolute atomic E-state index is 0.0179. The molecule has 2 atom stereocenters. The molecular weight excluding hydrogens is 289 g/mol. The van der Waals surface area contributed by atoms with Gasteiger partial charge in [-0.3, -0.25) is 4.79 Å². The fourth-order valence-electron chi connectivity index (χ4n) is 1.93. The number of ether oxygens (including phenoxy) is 1. The lowest BCUT2D eigenvalue weighted by molar-refractivity contribution is -0.138. The van der Waals surface area contributed by atoms with Crippen molar-refractivity contribution in [1.29, 1.82) is 0 Å². The number of rotatable bonds is 6. The normalized spacial score (nSPS) is 21.5. The molecule has 0 radical (unpaired) electrons. The van der Waals surface area contributed by atoms with Gasteiger partial charge in [0.1, 0.15) is 4.90 Å². The zero-order valence-corrected chi connectivity index (χ0v) is 11.5. The number of carboxylic acid groups (broad SMARTS) is 1. The number of sulfonamides is 1. The number of nitrogens with one attached hydrogen (secondary N) is 1. The highest BCUT2D eigenvalue weighted by Crippen LogP contribution is 2.38. The zero-order chi connectivity index (χ0) is 14.9. The van der Waals surface area contributed by atoms with Crippen molar-refractivity contribution in [2.45, 2.75) is 11.3 Å². The van der Waals surface area contributed by atoms with E-state index >= 15 is 0 Å². The highest BCUT2D eigenvalue weighted by molar-refractivity contribution is 7.89. The molecule has 1 fully saturated rings. The molecule has 0 aromatic heterocycles. The topological polar surface area (TPSA) is 92.7 Å². The molecule has 20 heavy (non-hydrogen) atoms. The van der Waals surface area contributed by atoms with E-state index in [4.69, 9.17) is 9.84 Å². The standard InChI is InChI=1S/C12H14FNO5S/c1-19-9-3-2-4-10(11(9)13)20(17,18)14-6-7-5-8(7)12(15)16/h2-4,7-8,14H,5-6H2,1H3,(H,15,16)/t7-,8+/m0/s1. The Morgan fingerprint density at radius 3 is 2.80 bits per heavy atom. The van der Waals surface area contributed by atoms with E-state index in [0.717, 1.165) is 6.07 Å². The van der Waals surface area contributed by atoms with Gasteiger partial charge in [0, 0.05) is 6.54 Å². The molecule has 1 aromatic carbocycles. The Balaban J connectivity index is 2.10. The zero-order valence-electron chi connectivity index (χ0n) is 10.7. The molecule has 1 aliphatic rings. The van der Waals surface area contributed by atoms with Crippen molar-refractivity contribution in [3.05, 3.63) is 24.0 Å². The molecule has 1 aromatic rings. The van der Waals surface area contributed by atoms with Crippen LogP contribution in [0.1, 0.15) is 6.42 Å². The molecule has 0 saturated heterocycles. The summed E-state index contributed by atoms with van der Waals surface area (Å²) in [6, 6.07) is 3.81. The number of hydrogen-bond donors (Lipinski definition) is 2. The predicted molar refractivity (Wildman–Crippen MR) is 67.4 cm³/mol. The highest BCUT2D eigenvalue weighted by atomic mass is 32.2. The Bertz CT molecular complexity index is 631. The van der Waals surface area contributed by atoms with Crippen molar-refractivity contribution in [1.82, 2.24) is 4.72 Å². The second-order valence-electron chi connectivity index (χ2n) is 4.56. The Morgan fingerprint density at radius 2 is 2.25 bits per heavy atom. The minimum atomic E-state index is -4.03. The Hall–Kier alpha value is -1.67. The summed E-state index contributed by atoms with van der Waals surface area (Å²) >= 11 is 0. The van der Waals surface area contributed by atoms with Crippen LogP contribution in [-0.4, -0.2) is 33.1 Å². The van der Waals surface area contributed by atoms with Crippen molar-refractivity contribution in [2.75, 3.05) is 13.7 Å². The van der Waals surface area contributed by atoms with E-state index in [0.29, 0.717) is 6.42 Å². The summed E-state index contributed by atoms with van der Waals surface area (Å²) < 4.78 is 44.8. The summed E-state index contributed by atoms with van der Waals surface area (Å²) in [7, 11) is -2.79. The van der Waals surface area contributed by atoms with Crippen LogP contribution in [0.15, 0.2) is 23.1 Å². The molecule has 8 heteroatoms. The van der Waals surface area contributed by atoms with Crippen LogP contribution in [0.2, 0.25) is 0 Å². The van der Waals surface area contributed by atoms with E-state index in [9.17, 15) is 17.6 Å². The number of methoxy groups -OCH3 is 1. The van der Waals surface area contributed by atoms with Crippen molar-refractivity contribution >= 4 is 16.0 Å². The number of carboxylic acids is 1. The lowest BCUT2D eigenvalue weighted by Crippen LogP contribution is -2.27. The average Bonchev–Trinajstić information content (AvgIpc) is 3.16. The van der Waals surface area contributed by atoms with Gasteiger partial charge in [-0.15, -0.1) is 0 Å². The van der Waals surface area contributed by atoms with Crippen LogP contribution in [0.5, 0.6) is 5.75 Å². The van der Waals surface area contributed by atoms with Crippen molar-refractivity contribution in [2.24, 2.45) is 11.8 Å². The molecule has 0 bridgehead atoms. The van der Waals surface area contributed by atoms with E-state index in [1.54, 1.807) is 0 Å². The quantitative estimate of drug-likeness (QED) is 0.812. The van der Waals surface area contributed by atoms with E-state index in [-0.39, 0.29) is 18.2 Å². The smallest absolute Gasteiger partial charge is 0.306 e. The molecule has 0 heterocycles. The molecule has 2 rings (SSSR count). The number of aliphatic carboxylic acids is 1. The molecule has 0 amide bonds. The lowest BCUT2D eigenvalue weighted by atomic mass is 10.3. The fourth-order valence-corrected chi connectivity index (χ4v) is 3.11. The summed E-state index contributed by atoms with van der Waals surface area (Å²) in [5.74, 6) is -2.83. The number of hydrogen-bond acceptors (Lipinski definition) is 4. The maximum absolute atomic E-state index is 13.9. The van der Waals surface area contributed by atoms with Crippen LogP contribution in [0.3, 0.4) is 0 Å². The Kier molecular flexibility index (Phi) is 3.96. The van der Waals surface area contributed by atoms with Gasteiger partial charge in [-0.05, 0) is 24.5 Å². The second-order valence-corrected chi connectivity index (χ2v) is 6.30. The number of carbonyl (C=O) groups is 1. The summed E-state index contributed by atoms with van der Waals surface area (Å²) in [4.78, 5) is 10.1. The maximum Gasteiger partial charge on any atom is 0.306 e. The summed E-state index contributed by atoms with van der Waals surface area (Å²) in [5, 5.41) is 8.73. The van der Waals surface area contributed by atoms with Gasteiger partial charge in [0.05, 0.1) is 13.0 Å². The van der Waals surface area contributed by atoms with Crippen LogP contribution < -0.4 is 9.46 Å². The van der Waals surface area contributed by atoms with Crippen molar-refractivity contribution in [3.63, 3.8) is 0 Å². The van der Waals surface area contributed by atoms with E-state index in [2.05, 4.69) is 4.72 Å². The van der Waals surface area contributed by atoms with Gasteiger partial charge in [-0.25, -0.2) is 17.5 Å². The van der Waals surface area contributed by atoms with Gasteiger partial charge >= 0.3 is 5.97 Å². The first-order chi connectivity index (χ1) is 9.36. The molecule has 0 unspecified atom stereocenters. The summed E-state index contributed by atoms with van der Waals surface area (Å²) in [5.41, 5.74) is 0. The molecule has 1 saturated carbocycles. The fraction of sp³-hybridized carbons (Fsp3) is 0.417. The highest BCUT2D eigenvalue weighted by Gasteiger charge is 2.43. The second kappa shape index (κ2) is 5.37. The van der Waals surface area contributed by atoms with E-state index in [1.165, 1.54) is 19.2 Å². The summed E-state index contributed by atoms with van der Waals surface area (Å²) in [6.45, 7) is -0.0179. The monoisotopic (exact) mass is 303 g/mol. The van der Waals surface area contributed by atoms with Gasteiger partial charge in [-0.2, -0.15) is 0 Å². The number of halogens is 1. The third-order valence-corrected chi connectivity index (χ3v) is 4.65. The molecule has 1 aliphatic carbocycles. The maximum atomic E-state index is 13.9. The van der Waals surface area contributed by atoms with E-state index in [1.807, 2.05) is 0 Å². The van der Waals surface area contributed by atoms with Gasteiger partial charge in [0.2, 0.25) is 10.0 Å². The van der Waals surface area contributed by atoms with Crippen LogP contribution in [0.4, 0.5) is 4.39 Å². The van der Waals surface area contributed by atoms with Crippen LogP contribution >= 0.6 is 0 Å². The van der Waals surface area contributed by atoms with Crippen molar-refractivity contribution in [3.8, 4) is 5.75 Å². The molecule has 6 nitrogen and oxygen atoms in total. The van der Waals surface area contributed by atoms with Gasteiger partial charge < -0.3 is 9.84 Å². The van der Waals surface area contributed by atoms with Crippen LogP contribution in [0, 0.1) is 17.7 Å². The minimum Gasteiger partial charge on any atom is -0.494 e. The molecular formula is C12H14FNO5S. The third kappa shape index (κ3) is 2.91. The van der Waals surface area contributed by atoms with Crippen molar-refractivity contribution < 1.29 is 27.4 Å². The summed E-state index contributed by atoms with van der Waals surface area (Å²) in [6.07, 6.45) is 0.429. The van der Waals surface area contributed by atoms with Gasteiger partial charge in [-0.1, -0.05) is 6.07 Å². The Morgan fingerprint density at radius 1 is 1.55 bits per heavy atom. The van der Waals surface area contributed by atoms with Gasteiger partial charge in [0.25, 0.3) is 0 Å². The van der Waals surface area contributed by atoms with Gasteiger partial charge in [0.15, 0.2) is 11.6 Å². The molecule has 2 N–H and O–H groups in total. The average molecular weight is 303 g/mol. The first-order valence-electron chi connectivity index (χ1n) is 5.91. The molecule has 0 aliphatic heterocycles. The first kappa shape index (κ1) is 14.7. The SMILES string of the molecule is COc1cccc(S(=O)(=O)NC[C@@H]2C[C@H]2C(=O)O)c1F. The lowest BCUT2D eigenvalue weighted by Gasteiger charge is -2.09. The Labute approximate surface area is 115 Å². The third-order valence-electron chi connectivity index (χ3n) is 3.21. The first-order valence-corrected chi connectivity index (χ1v) is 7.40. The van der Waals surface area contributed by atoms with Crippen LogP contribution in [0.25, 0.3) is 0 Å². The number of benzene rings is 1.